The van der Waals surface area contributed by atoms with E-state index in [0.717, 1.165) is 30.4 Å². The highest BCUT2D eigenvalue weighted by atomic mass is 35.5. The molecule has 9 heteroatoms. The summed E-state index contributed by atoms with van der Waals surface area (Å²) in [4.78, 5) is 31.4. The van der Waals surface area contributed by atoms with E-state index >= 15 is 0 Å². The number of amides is 1. The zero-order valence-electron chi connectivity index (χ0n) is 19.8. The smallest absolute Gasteiger partial charge is 0.294 e. The largest absolute Gasteiger partial charge is 0.384 e. The van der Waals surface area contributed by atoms with Crippen LogP contribution in [0.25, 0.3) is 0 Å². The van der Waals surface area contributed by atoms with Crippen molar-refractivity contribution in [2.75, 3.05) is 5.32 Å². The van der Waals surface area contributed by atoms with Crippen molar-refractivity contribution in [3.63, 3.8) is 0 Å². The molecule has 1 saturated carbocycles. The van der Waals surface area contributed by atoms with Gasteiger partial charge in [-0.05, 0) is 43.2 Å². The lowest BCUT2D eigenvalue weighted by molar-refractivity contribution is -0.124. The van der Waals surface area contributed by atoms with E-state index in [-0.39, 0.29) is 40.2 Å². The third-order valence-corrected chi connectivity index (χ3v) is 7.39. The SMILES string of the molecule is N=C(N)c1ccc(CNC(=O)[C@@H]2C[C@@H](Cc3ccccc3)c3c(Cl)nc(NC4CCC4)c(=O)n32)cc1. The predicted molar refractivity (Wildman–Crippen MR) is 141 cm³/mol. The van der Waals surface area contributed by atoms with Gasteiger partial charge in [-0.25, -0.2) is 4.98 Å². The van der Waals surface area contributed by atoms with Crippen LogP contribution in [-0.4, -0.2) is 27.3 Å². The Morgan fingerprint density at radius 2 is 1.83 bits per heavy atom. The summed E-state index contributed by atoms with van der Waals surface area (Å²) >= 11 is 6.67. The minimum Gasteiger partial charge on any atom is -0.384 e. The number of fused-ring (bicyclic) bond motifs is 1. The Hall–Kier alpha value is -3.65. The highest BCUT2D eigenvalue weighted by Crippen LogP contribution is 2.40. The fourth-order valence-electron chi connectivity index (χ4n) is 4.94. The van der Waals surface area contributed by atoms with Gasteiger partial charge in [0.2, 0.25) is 5.91 Å². The van der Waals surface area contributed by atoms with Gasteiger partial charge in [-0.15, -0.1) is 0 Å². The van der Waals surface area contributed by atoms with Crippen LogP contribution in [0.5, 0.6) is 0 Å². The Kier molecular flexibility index (Phi) is 6.78. The zero-order valence-corrected chi connectivity index (χ0v) is 20.6. The number of rotatable bonds is 8. The fourth-order valence-corrected chi connectivity index (χ4v) is 5.27. The average Bonchev–Trinajstić information content (AvgIpc) is 3.23. The molecule has 2 heterocycles. The maximum Gasteiger partial charge on any atom is 0.294 e. The maximum atomic E-state index is 13.5. The molecular formula is C27H29ClN6O2. The summed E-state index contributed by atoms with van der Waals surface area (Å²) < 4.78 is 1.55. The lowest BCUT2D eigenvalue weighted by Gasteiger charge is -2.27. The predicted octanol–water partition coefficient (Wildman–Crippen LogP) is 3.73. The van der Waals surface area contributed by atoms with Crippen molar-refractivity contribution in [3.05, 3.63) is 92.5 Å². The quantitative estimate of drug-likeness (QED) is 0.274. The molecule has 2 aliphatic rings. The van der Waals surface area contributed by atoms with Crippen molar-refractivity contribution in [3.8, 4) is 0 Å². The number of nitrogens with zero attached hydrogens (tertiary/aromatic N) is 2. The van der Waals surface area contributed by atoms with Crippen molar-refractivity contribution in [2.24, 2.45) is 5.73 Å². The first-order valence-corrected chi connectivity index (χ1v) is 12.6. The summed E-state index contributed by atoms with van der Waals surface area (Å²) in [5, 5.41) is 14.0. The van der Waals surface area contributed by atoms with Crippen molar-refractivity contribution in [1.82, 2.24) is 14.9 Å². The van der Waals surface area contributed by atoms with Gasteiger partial charge in [-0.2, -0.15) is 0 Å². The summed E-state index contributed by atoms with van der Waals surface area (Å²) in [5.41, 5.74) is 8.45. The van der Waals surface area contributed by atoms with Crippen molar-refractivity contribution in [1.29, 1.82) is 5.41 Å². The van der Waals surface area contributed by atoms with E-state index in [1.807, 2.05) is 42.5 Å². The number of nitrogens with one attached hydrogen (secondary N) is 3. The van der Waals surface area contributed by atoms with Gasteiger partial charge in [0.25, 0.3) is 5.56 Å². The molecule has 0 unspecified atom stereocenters. The molecule has 0 spiro atoms. The molecule has 186 valence electrons. The van der Waals surface area contributed by atoms with E-state index in [4.69, 9.17) is 22.7 Å². The van der Waals surface area contributed by atoms with Crippen molar-refractivity contribution < 1.29 is 4.79 Å². The maximum absolute atomic E-state index is 13.5. The van der Waals surface area contributed by atoms with Crippen LogP contribution < -0.4 is 21.9 Å². The monoisotopic (exact) mass is 504 g/mol. The summed E-state index contributed by atoms with van der Waals surface area (Å²) in [6, 6.07) is 16.7. The van der Waals surface area contributed by atoms with E-state index in [9.17, 15) is 9.59 Å². The Morgan fingerprint density at radius 3 is 2.47 bits per heavy atom. The highest BCUT2D eigenvalue weighted by molar-refractivity contribution is 6.30. The van der Waals surface area contributed by atoms with Crippen molar-refractivity contribution >= 4 is 29.2 Å². The van der Waals surface area contributed by atoms with Gasteiger partial charge < -0.3 is 16.4 Å². The molecule has 1 aliphatic heterocycles. The molecule has 8 nitrogen and oxygen atoms in total. The number of aromatic nitrogens is 2. The van der Waals surface area contributed by atoms with Gasteiger partial charge in [-0.3, -0.25) is 19.6 Å². The van der Waals surface area contributed by atoms with Crippen LogP contribution in [0.4, 0.5) is 5.82 Å². The summed E-state index contributed by atoms with van der Waals surface area (Å²) in [6.07, 6.45) is 4.23. The minimum absolute atomic E-state index is 0.00576. The van der Waals surface area contributed by atoms with Gasteiger partial charge in [0.15, 0.2) is 11.0 Å². The Bertz CT molecular complexity index is 1330. The van der Waals surface area contributed by atoms with Crippen LogP contribution in [0.2, 0.25) is 5.15 Å². The first-order chi connectivity index (χ1) is 17.4. The number of hydrogen-bond donors (Lipinski definition) is 4. The molecule has 0 saturated heterocycles. The second kappa shape index (κ2) is 10.1. The normalized spacial score (nSPS) is 18.8. The van der Waals surface area contributed by atoms with Crippen LogP contribution >= 0.6 is 11.6 Å². The van der Waals surface area contributed by atoms with Crippen LogP contribution in [0.3, 0.4) is 0 Å². The molecule has 1 aliphatic carbocycles. The van der Waals surface area contributed by atoms with E-state index in [0.29, 0.717) is 30.6 Å². The molecule has 5 rings (SSSR count). The van der Waals surface area contributed by atoms with Crippen LogP contribution in [0.15, 0.2) is 59.4 Å². The van der Waals surface area contributed by atoms with Gasteiger partial charge in [-0.1, -0.05) is 66.2 Å². The molecule has 2 aromatic carbocycles. The molecule has 5 N–H and O–H groups in total. The number of carbonyl (C=O) groups is 1. The van der Waals surface area contributed by atoms with Crippen LogP contribution in [-0.2, 0) is 17.8 Å². The highest BCUT2D eigenvalue weighted by Gasteiger charge is 2.39. The molecular weight excluding hydrogens is 476 g/mol. The number of benzene rings is 2. The van der Waals surface area contributed by atoms with Crippen molar-refractivity contribution in [2.45, 2.75) is 56.7 Å². The number of nitrogens with two attached hydrogens (primary N) is 1. The van der Waals surface area contributed by atoms with Gasteiger partial charge in [0.1, 0.15) is 11.9 Å². The van der Waals surface area contributed by atoms with E-state index in [2.05, 4.69) is 15.6 Å². The van der Waals surface area contributed by atoms with Crippen LogP contribution in [0.1, 0.15) is 60.0 Å². The molecule has 2 atom stereocenters. The standard InChI is InChI=1S/C27H29ClN6O2/c28-23-22-19(13-16-5-2-1-3-6-16)14-21(34(22)27(36)25(33-23)32-20-7-4-8-20)26(35)31-15-17-9-11-18(12-10-17)24(29)30/h1-3,5-6,9-12,19-21H,4,7-8,13-15H2,(H3,29,30)(H,31,35)(H,32,33)/t19-,21+/m1/s1. The van der Waals surface area contributed by atoms with E-state index < -0.39 is 6.04 Å². The molecule has 1 fully saturated rings. The summed E-state index contributed by atoms with van der Waals surface area (Å²) in [5.74, 6) is -0.134. The molecule has 36 heavy (non-hydrogen) atoms. The van der Waals surface area contributed by atoms with Crippen LogP contribution in [0, 0.1) is 5.41 Å². The zero-order chi connectivity index (χ0) is 25.2. The van der Waals surface area contributed by atoms with E-state index in [1.165, 1.54) is 0 Å². The minimum atomic E-state index is -0.680. The first-order valence-electron chi connectivity index (χ1n) is 12.2. The summed E-state index contributed by atoms with van der Waals surface area (Å²) in [6.45, 7) is 0.299. The second-order valence-electron chi connectivity index (χ2n) is 9.55. The molecule has 0 bridgehead atoms. The van der Waals surface area contributed by atoms with Gasteiger partial charge >= 0.3 is 0 Å². The number of amidine groups is 1. The lowest BCUT2D eigenvalue weighted by atomic mass is 9.93. The molecule has 1 amide bonds. The third kappa shape index (κ3) is 4.86. The molecule has 0 radical (unpaired) electrons. The molecule has 3 aromatic rings. The number of hydrogen-bond acceptors (Lipinski definition) is 5. The average molecular weight is 505 g/mol. The molecule has 1 aromatic heterocycles. The van der Waals surface area contributed by atoms with Gasteiger partial charge in [0, 0.05) is 24.1 Å². The number of carbonyl (C=O) groups excluding carboxylic acids is 1. The summed E-state index contributed by atoms with van der Waals surface area (Å²) in [7, 11) is 0. The Labute approximate surface area is 214 Å². The number of halogens is 1. The lowest BCUT2D eigenvalue weighted by Crippen LogP contribution is -2.38. The fraction of sp³-hybridized carbons (Fsp3) is 0.333. The third-order valence-electron chi connectivity index (χ3n) is 7.11. The Morgan fingerprint density at radius 1 is 1.11 bits per heavy atom. The van der Waals surface area contributed by atoms with E-state index in [1.54, 1.807) is 16.7 Å². The second-order valence-corrected chi connectivity index (χ2v) is 9.91. The number of anilines is 1. The first kappa shape index (κ1) is 24.1. The van der Waals surface area contributed by atoms with Gasteiger partial charge in [0.05, 0.1) is 5.69 Å². The topological polar surface area (TPSA) is 126 Å². The Balaban J connectivity index is 1.42. The number of nitrogen functional groups attached to an aromatic ring is 1.